The molecule has 1 aliphatic heterocycles. The highest BCUT2D eigenvalue weighted by atomic mass is 35.5. The summed E-state index contributed by atoms with van der Waals surface area (Å²) < 4.78 is 29.0. The van der Waals surface area contributed by atoms with Gasteiger partial charge in [0.15, 0.2) is 11.0 Å². The summed E-state index contributed by atoms with van der Waals surface area (Å²) in [5, 5.41) is 0.842. The van der Waals surface area contributed by atoms with Crippen LogP contribution in [0.15, 0.2) is 41.5 Å². The van der Waals surface area contributed by atoms with Crippen LogP contribution in [0.2, 0.25) is 5.02 Å². The quantitative estimate of drug-likeness (QED) is 0.707. The van der Waals surface area contributed by atoms with Crippen molar-refractivity contribution in [3.05, 3.63) is 64.2 Å². The summed E-state index contributed by atoms with van der Waals surface area (Å²) in [4.78, 5) is 21.3. The average molecular weight is 436 g/mol. The number of nitrogens with two attached hydrogens (primary N) is 1. The number of fused-ring (bicyclic) bond motifs is 1. The predicted molar refractivity (Wildman–Crippen MR) is 112 cm³/mol. The highest BCUT2D eigenvalue weighted by molar-refractivity contribution is 8.13. The van der Waals surface area contributed by atoms with E-state index in [9.17, 15) is 13.6 Å². The normalized spacial score (nSPS) is 26.5. The Hall–Kier alpha value is -1.99. The van der Waals surface area contributed by atoms with Gasteiger partial charge in [0, 0.05) is 29.9 Å². The summed E-state index contributed by atoms with van der Waals surface area (Å²) in [7, 11) is 0. The van der Waals surface area contributed by atoms with Crippen molar-refractivity contribution in [2.75, 3.05) is 5.75 Å². The number of aliphatic imine (C=N–C) groups is 1. The maximum Gasteiger partial charge on any atom is 0.185 e. The molecule has 2 aromatic rings. The summed E-state index contributed by atoms with van der Waals surface area (Å²) in [5.41, 5.74) is 6.45. The number of carbonyl (C=O) groups is 1. The van der Waals surface area contributed by atoms with E-state index in [0.717, 1.165) is 0 Å². The number of thioether (sulfide) groups is 1. The van der Waals surface area contributed by atoms with Crippen LogP contribution in [-0.2, 0) is 12.0 Å². The zero-order valence-corrected chi connectivity index (χ0v) is 17.1. The number of rotatable bonds is 4. The molecule has 0 radical (unpaired) electrons. The minimum atomic E-state index is -0.910. The lowest BCUT2D eigenvalue weighted by Gasteiger charge is -2.45. The van der Waals surface area contributed by atoms with E-state index in [1.54, 1.807) is 24.3 Å². The van der Waals surface area contributed by atoms with E-state index in [2.05, 4.69) is 9.98 Å². The van der Waals surface area contributed by atoms with Crippen LogP contribution in [0, 0.1) is 11.7 Å². The molecule has 0 saturated heterocycles. The molecule has 1 saturated carbocycles. The van der Waals surface area contributed by atoms with E-state index >= 15 is 0 Å². The third kappa shape index (κ3) is 4.03. The summed E-state index contributed by atoms with van der Waals surface area (Å²) in [5.74, 6) is -0.131. The van der Waals surface area contributed by atoms with Crippen LogP contribution in [0.3, 0.4) is 0 Å². The minimum absolute atomic E-state index is 0.0718. The van der Waals surface area contributed by atoms with E-state index < -0.39 is 17.5 Å². The first-order valence-electron chi connectivity index (χ1n) is 9.43. The SMILES string of the molecule is NC1=N[C@@]2(c3cc(CC(=O)c4ccc(Cl)cn4)ccc3F)CC[C@H](F)C[C@H]2CS1. The van der Waals surface area contributed by atoms with E-state index in [1.807, 2.05) is 0 Å². The molecule has 4 nitrogen and oxygen atoms in total. The fourth-order valence-corrected chi connectivity index (χ4v) is 5.34. The summed E-state index contributed by atoms with van der Waals surface area (Å²) in [6, 6.07) is 7.79. The highest BCUT2D eigenvalue weighted by Crippen LogP contribution is 2.50. The number of benzene rings is 1. The van der Waals surface area contributed by atoms with Crippen molar-refractivity contribution in [3.8, 4) is 0 Å². The number of hydrogen-bond donors (Lipinski definition) is 1. The van der Waals surface area contributed by atoms with E-state index in [0.29, 0.717) is 52.0 Å². The number of alkyl halides is 1. The Balaban J connectivity index is 1.68. The van der Waals surface area contributed by atoms with Gasteiger partial charge in [-0.3, -0.25) is 14.8 Å². The van der Waals surface area contributed by atoms with Crippen molar-refractivity contribution in [2.45, 2.75) is 37.4 Å². The van der Waals surface area contributed by atoms with Gasteiger partial charge in [-0.2, -0.15) is 0 Å². The number of Topliss-reactive ketones (excluding diaryl/α,β-unsaturated/α-hetero) is 1. The van der Waals surface area contributed by atoms with Crippen LogP contribution >= 0.6 is 23.4 Å². The first-order chi connectivity index (χ1) is 13.9. The van der Waals surface area contributed by atoms with Gasteiger partial charge in [0.05, 0.1) is 10.6 Å². The van der Waals surface area contributed by atoms with Gasteiger partial charge in [-0.1, -0.05) is 29.4 Å². The Kier molecular flexibility index (Phi) is 5.62. The maximum atomic E-state index is 14.9. The molecule has 152 valence electrons. The van der Waals surface area contributed by atoms with Crippen molar-refractivity contribution < 1.29 is 13.6 Å². The topological polar surface area (TPSA) is 68.3 Å². The molecule has 4 rings (SSSR count). The molecule has 3 atom stereocenters. The van der Waals surface area contributed by atoms with Crippen LogP contribution < -0.4 is 5.73 Å². The van der Waals surface area contributed by atoms with Crippen LogP contribution in [0.5, 0.6) is 0 Å². The molecule has 0 unspecified atom stereocenters. The first kappa shape index (κ1) is 20.3. The number of halogens is 3. The molecule has 1 fully saturated rings. The number of hydrogen-bond acceptors (Lipinski definition) is 5. The molecule has 29 heavy (non-hydrogen) atoms. The van der Waals surface area contributed by atoms with Crippen molar-refractivity contribution in [1.29, 1.82) is 0 Å². The summed E-state index contributed by atoms with van der Waals surface area (Å²) in [6.45, 7) is 0. The van der Waals surface area contributed by atoms with Gasteiger partial charge >= 0.3 is 0 Å². The molecular weight excluding hydrogens is 416 g/mol. The maximum absolute atomic E-state index is 14.9. The third-order valence-corrected chi connectivity index (χ3v) is 6.85. The summed E-state index contributed by atoms with van der Waals surface area (Å²) >= 11 is 7.20. The molecule has 2 N–H and O–H groups in total. The second kappa shape index (κ2) is 8.03. The van der Waals surface area contributed by atoms with E-state index in [4.69, 9.17) is 17.3 Å². The Morgan fingerprint density at radius 2 is 2.17 bits per heavy atom. The lowest BCUT2D eigenvalue weighted by molar-refractivity contribution is 0.0988. The largest absolute Gasteiger partial charge is 0.379 e. The Bertz CT molecular complexity index is 969. The second-order valence-electron chi connectivity index (χ2n) is 7.53. The van der Waals surface area contributed by atoms with Gasteiger partial charge in [0.25, 0.3) is 0 Å². The fraction of sp³-hybridized carbons (Fsp3) is 0.381. The number of pyridine rings is 1. The third-order valence-electron chi connectivity index (χ3n) is 5.67. The zero-order chi connectivity index (χ0) is 20.6. The smallest absolute Gasteiger partial charge is 0.185 e. The summed E-state index contributed by atoms with van der Waals surface area (Å²) in [6.07, 6.45) is 1.62. The van der Waals surface area contributed by atoms with Crippen LogP contribution in [0.1, 0.15) is 40.9 Å². The number of aromatic nitrogens is 1. The standard InChI is InChI=1S/C21H20ClF2N3OS/c22-14-2-4-18(26-10-14)19(28)8-12-1-3-17(24)16(7-12)21-6-5-15(23)9-13(21)11-29-20(25)27-21/h1-4,7,10,13,15H,5-6,8-9,11H2,(H2,25,27)/t13-,15-,21-/m0/s1. The second-order valence-corrected chi connectivity index (χ2v) is 9.01. The minimum Gasteiger partial charge on any atom is -0.379 e. The first-order valence-corrected chi connectivity index (χ1v) is 10.8. The Morgan fingerprint density at radius 1 is 1.34 bits per heavy atom. The molecular formula is C21H20ClF2N3OS. The molecule has 1 aliphatic carbocycles. The molecule has 2 aliphatic rings. The number of ketones is 1. The van der Waals surface area contributed by atoms with Gasteiger partial charge in [-0.15, -0.1) is 0 Å². The van der Waals surface area contributed by atoms with Gasteiger partial charge in [-0.25, -0.2) is 8.78 Å². The van der Waals surface area contributed by atoms with E-state index in [-0.39, 0.29) is 18.1 Å². The van der Waals surface area contributed by atoms with Crippen molar-refractivity contribution in [1.82, 2.24) is 4.98 Å². The molecule has 0 amide bonds. The molecule has 2 heterocycles. The lowest BCUT2D eigenvalue weighted by Crippen LogP contribution is -2.45. The Labute approximate surface area is 177 Å². The fourth-order valence-electron chi connectivity index (χ4n) is 4.22. The van der Waals surface area contributed by atoms with Crippen LogP contribution in [-0.4, -0.2) is 27.9 Å². The van der Waals surface area contributed by atoms with Crippen molar-refractivity contribution in [2.24, 2.45) is 16.6 Å². The molecule has 1 aromatic heterocycles. The Morgan fingerprint density at radius 3 is 2.93 bits per heavy atom. The number of nitrogens with zero attached hydrogens (tertiary/aromatic N) is 2. The van der Waals surface area contributed by atoms with Crippen molar-refractivity contribution in [3.63, 3.8) is 0 Å². The van der Waals surface area contributed by atoms with Gasteiger partial charge < -0.3 is 5.73 Å². The average Bonchev–Trinajstić information content (AvgIpc) is 2.70. The lowest BCUT2D eigenvalue weighted by atomic mass is 9.68. The predicted octanol–water partition coefficient (Wildman–Crippen LogP) is 4.69. The van der Waals surface area contributed by atoms with Crippen LogP contribution in [0.4, 0.5) is 8.78 Å². The van der Waals surface area contributed by atoms with Gasteiger partial charge in [0.2, 0.25) is 0 Å². The number of amidine groups is 1. The van der Waals surface area contributed by atoms with Crippen molar-refractivity contribution >= 4 is 34.3 Å². The van der Waals surface area contributed by atoms with Gasteiger partial charge in [0.1, 0.15) is 17.7 Å². The number of carbonyl (C=O) groups excluding carboxylic acids is 1. The molecule has 0 spiro atoms. The van der Waals surface area contributed by atoms with Gasteiger partial charge in [-0.05, 0) is 49.1 Å². The zero-order valence-electron chi connectivity index (χ0n) is 15.6. The highest BCUT2D eigenvalue weighted by Gasteiger charge is 2.48. The van der Waals surface area contributed by atoms with Crippen LogP contribution in [0.25, 0.3) is 0 Å². The molecule has 8 heteroatoms. The molecule has 1 aromatic carbocycles. The van der Waals surface area contributed by atoms with E-state index in [1.165, 1.54) is 24.0 Å². The molecule has 0 bridgehead atoms. The monoisotopic (exact) mass is 435 g/mol.